The highest BCUT2D eigenvalue weighted by molar-refractivity contribution is 7.14. The van der Waals surface area contributed by atoms with Crippen LogP contribution in [0.5, 0.6) is 0 Å². The average molecular weight is 508 g/mol. The van der Waals surface area contributed by atoms with E-state index < -0.39 is 8.07 Å². The molecular weight excluding hydrogens is 479 g/mol. The van der Waals surface area contributed by atoms with E-state index in [1.54, 1.807) is 11.3 Å². The molecule has 180 valence electrons. The van der Waals surface area contributed by atoms with E-state index in [9.17, 15) is 0 Å². The van der Waals surface area contributed by atoms with Gasteiger partial charge in [-0.2, -0.15) is 0 Å². The molecule has 0 atom stereocenters. The summed E-state index contributed by atoms with van der Waals surface area (Å²) >= 11 is 1.64. The largest absolute Gasteiger partial charge is 0.454 e. The van der Waals surface area contributed by atoms with E-state index in [0.717, 1.165) is 48.8 Å². The van der Waals surface area contributed by atoms with Crippen molar-refractivity contribution in [3.8, 4) is 21.8 Å². The molecule has 6 rings (SSSR count). The summed E-state index contributed by atoms with van der Waals surface area (Å²) in [6.07, 6.45) is 1.89. The van der Waals surface area contributed by atoms with Crippen LogP contribution in [0.3, 0.4) is 0 Å². The fraction of sp³-hybridized carbons (Fsp3) is 0.233. The number of benzene rings is 3. The first kappa shape index (κ1) is 23.1. The van der Waals surface area contributed by atoms with E-state index in [2.05, 4.69) is 105 Å². The Balaban J connectivity index is 1.53. The van der Waals surface area contributed by atoms with Crippen LogP contribution in [0.1, 0.15) is 25.8 Å². The summed E-state index contributed by atoms with van der Waals surface area (Å²) in [5.74, 6) is 0. The fourth-order valence-corrected chi connectivity index (χ4v) is 7.27. The standard InChI is InChI=1S/C30H29N3OSSi/c1-30(2,3)29-33-32-28(35-29)19-11-12-22-23-13-14-31-26(27(23)34-24(22)16-19)20-15-18-9-7-8-10-21(18)25(17-20)36(4,5)6/h7-17H,1-6H3. The maximum Gasteiger partial charge on any atom is 0.161 e. The van der Waals surface area contributed by atoms with Crippen LogP contribution < -0.4 is 5.19 Å². The number of nitrogens with zero attached hydrogens (tertiary/aromatic N) is 3. The minimum absolute atomic E-state index is 0.0193. The third-order valence-corrected chi connectivity index (χ3v) is 10.1. The van der Waals surface area contributed by atoms with E-state index >= 15 is 0 Å². The SMILES string of the molecule is CC(C)(C)c1nnc(-c2ccc3c(c2)oc2c(-c4cc([Si](C)(C)C)c5ccccc5c4)nccc23)s1. The summed E-state index contributed by atoms with van der Waals surface area (Å²) < 4.78 is 6.52. The van der Waals surface area contributed by atoms with Gasteiger partial charge < -0.3 is 4.42 Å². The van der Waals surface area contributed by atoms with Crippen LogP contribution in [0, 0.1) is 0 Å². The topological polar surface area (TPSA) is 51.8 Å². The Morgan fingerprint density at radius 1 is 0.806 bits per heavy atom. The zero-order valence-corrected chi connectivity index (χ0v) is 23.3. The number of aromatic nitrogens is 3. The zero-order chi connectivity index (χ0) is 25.2. The summed E-state index contributed by atoms with van der Waals surface area (Å²) in [7, 11) is -1.59. The molecule has 3 aromatic heterocycles. The van der Waals surface area contributed by atoms with E-state index in [-0.39, 0.29) is 5.41 Å². The van der Waals surface area contributed by atoms with Crippen molar-refractivity contribution in [2.24, 2.45) is 0 Å². The van der Waals surface area contributed by atoms with Gasteiger partial charge in [0.05, 0.1) is 8.07 Å². The highest BCUT2D eigenvalue weighted by Gasteiger charge is 2.23. The molecular formula is C30H29N3OSSi. The maximum absolute atomic E-state index is 6.52. The van der Waals surface area contributed by atoms with Crippen LogP contribution in [0.15, 0.2) is 71.3 Å². The first-order valence-corrected chi connectivity index (χ1v) is 16.6. The minimum atomic E-state index is -1.59. The number of furan rings is 1. The van der Waals surface area contributed by atoms with Crippen molar-refractivity contribution in [3.63, 3.8) is 0 Å². The molecule has 0 aliphatic carbocycles. The van der Waals surface area contributed by atoms with Crippen molar-refractivity contribution in [2.45, 2.75) is 45.8 Å². The van der Waals surface area contributed by atoms with Gasteiger partial charge in [0.15, 0.2) is 5.58 Å². The van der Waals surface area contributed by atoms with E-state index in [1.165, 1.54) is 16.0 Å². The first-order chi connectivity index (χ1) is 17.1. The van der Waals surface area contributed by atoms with Crippen LogP contribution >= 0.6 is 11.3 Å². The minimum Gasteiger partial charge on any atom is -0.454 e. The van der Waals surface area contributed by atoms with Crippen LogP contribution in [-0.4, -0.2) is 23.3 Å². The van der Waals surface area contributed by atoms with Crippen LogP contribution in [0.2, 0.25) is 19.6 Å². The fourth-order valence-electron chi connectivity index (χ4n) is 4.75. The second kappa shape index (κ2) is 8.08. The Kier molecular flexibility index (Phi) is 5.18. The molecule has 6 aromatic rings. The molecule has 36 heavy (non-hydrogen) atoms. The van der Waals surface area contributed by atoms with Gasteiger partial charge in [-0.15, -0.1) is 10.2 Å². The molecule has 0 saturated carbocycles. The molecule has 0 spiro atoms. The van der Waals surface area contributed by atoms with Crippen molar-refractivity contribution in [1.82, 2.24) is 15.2 Å². The van der Waals surface area contributed by atoms with E-state index in [4.69, 9.17) is 9.40 Å². The Bertz CT molecular complexity index is 1770. The third kappa shape index (κ3) is 3.85. The van der Waals surface area contributed by atoms with Crippen LogP contribution in [0.4, 0.5) is 0 Å². The van der Waals surface area contributed by atoms with Crippen molar-refractivity contribution in [1.29, 1.82) is 0 Å². The number of hydrogen-bond donors (Lipinski definition) is 0. The van der Waals surface area contributed by atoms with Crippen molar-refractivity contribution >= 4 is 57.3 Å². The molecule has 0 aliphatic rings. The van der Waals surface area contributed by atoms with Crippen LogP contribution in [-0.2, 0) is 5.41 Å². The molecule has 0 N–H and O–H groups in total. The Morgan fingerprint density at radius 3 is 2.36 bits per heavy atom. The van der Waals surface area contributed by atoms with Gasteiger partial charge in [0.1, 0.15) is 21.3 Å². The molecule has 3 aromatic carbocycles. The molecule has 0 bridgehead atoms. The lowest BCUT2D eigenvalue weighted by Gasteiger charge is -2.20. The number of hydrogen-bond acceptors (Lipinski definition) is 5. The van der Waals surface area contributed by atoms with Gasteiger partial charge in [-0.3, -0.25) is 4.98 Å². The smallest absolute Gasteiger partial charge is 0.161 e. The monoisotopic (exact) mass is 507 g/mol. The van der Waals surface area contributed by atoms with E-state index in [1.807, 2.05) is 12.3 Å². The second-order valence-electron chi connectivity index (χ2n) is 11.5. The first-order valence-electron chi connectivity index (χ1n) is 12.3. The zero-order valence-electron chi connectivity index (χ0n) is 21.5. The predicted octanol–water partition coefficient (Wildman–Crippen LogP) is 8.16. The van der Waals surface area contributed by atoms with Gasteiger partial charge in [-0.05, 0) is 35.0 Å². The summed E-state index contributed by atoms with van der Waals surface area (Å²) in [4.78, 5) is 4.81. The lowest BCUT2D eigenvalue weighted by molar-refractivity contribution is 0.578. The van der Waals surface area contributed by atoms with Crippen molar-refractivity contribution < 1.29 is 4.42 Å². The molecule has 0 radical (unpaired) electrons. The highest BCUT2D eigenvalue weighted by Crippen LogP contribution is 2.38. The van der Waals surface area contributed by atoms with Gasteiger partial charge in [0, 0.05) is 33.5 Å². The van der Waals surface area contributed by atoms with E-state index in [0.29, 0.717) is 0 Å². The number of rotatable bonds is 3. The molecule has 6 heteroatoms. The molecule has 0 aliphatic heterocycles. The third-order valence-electron chi connectivity index (χ3n) is 6.65. The number of pyridine rings is 1. The molecule has 0 amide bonds. The molecule has 0 unspecified atom stereocenters. The summed E-state index contributed by atoms with van der Waals surface area (Å²) in [6.45, 7) is 13.7. The predicted molar refractivity (Wildman–Crippen MR) is 155 cm³/mol. The van der Waals surface area contributed by atoms with Gasteiger partial charge in [0.2, 0.25) is 0 Å². The average Bonchev–Trinajstić information content (AvgIpc) is 3.47. The highest BCUT2D eigenvalue weighted by atomic mass is 32.1. The Hall–Kier alpha value is -3.35. The van der Waals surface area contributed by atoms with Crippen molar-refractivity contribution in [2.75, 3.05) is 0 Å². The Morgan fingerprint density at radius 2 is 1.61 bits per heavy atom. The molecule has 0 saturated heterocycles. The van der Waals surface area contributed by atoms with Gasteiger partial charge in [0.25, 0.3) is 0 Å². The van der Waals surface area contributed by atoms with Gasteiger partial charge >= 0.3 is 0 Å². The normalized spacial score (nSPS) is 12.7. The molecule has 3 heterocycles. The van der Waals surface area contributed by atoms with Crippen LogP contribution in [0.25, 0.3) is 54.5 Å². The maximum atomic E-state index is 6.52. The second-order valence-corrected chi connectivity index (χ2v) is 17.5. The Labute approximate surface area is 216 Å². The quantitative estimate of drug-likeness (QED) is 0.227. The lowest BCUT2D eigenvalue weighted by Crippen LogP contribution is -2.38. The molecule has 0 fully saturated rings. The lowest BCUT2D eigenvalue weighted by atomic mass is 9.98. The van der Waals surface area contributed by atoms with Crippen molar-refractivity contribution in [3.05, 3.63) is 71.9 Å². The number of fused-ring (bicyclic) bond motifs is 4. The summed E-state index contributed by atoms with van der Waals surface area (Å²) in [5, 5.41) is 17.0. The summed E-state index contributed by atoms with van der Waals surface area (Å²) in [6, 6.07) is 21.6. The van der Waals surface area contributed by atoms with Gasteiger partial charge in [-0.25, -0.2) is 0 Å². The van der Waals surface area contributed by atoms with Gasteiger partial charge in [-0.1, -0.05) is 93.3 Å². The molecule has 4 nitrogen and oxygen atoms in total. The summed E-state index contributed by atoms with van der Waals surface area (Å²) in [5.41, 5.74) is 4.67.